The summed E-state index contributed by atoms with van der Waals surface area (Å²) in [5, 5.41) is 3.32. The van der Waals surface area contributed by atoms with Crippen LogP contribution in [0.4, 0.5) is 0 Å². The maximum Gasteiger partial charge on any atom is 0.0122 e. The number of nitrogens with one attached hydrogen (secondary N) is 1. The predicted octanol–water partition coefficient (Wildman–Crippen LogP) is 2.14. The fourth-order valence-electron chi connectivity index (χ4n) is 1.29. The molecular formula is C11H26N2. The van der Waals surface area contributed by atoms with Gasteiger partial charge >= 0.3 is 0 Å². The van der Waals surface area contributed by atoms with E-state index in [0.29, 0.717) is 5.41 Å². The van der Waals surface area contributed by atoms with E-state index in [4.69, 9.17) is 5.73 Å². The van der Waals surface area contributed by atoms with Gasteiger partial charge in [0.25, 0.3) is 0 Å². The zero-order valence-corrected chi connectivity index (χ0v) is 9.91. The van der Waals surface area contributed by atoms with Crippen LogP contribution < -0.4 is 11.1 Å². The van der Waals surface area contributed by atoms with E-state index in [1.165, 1.54) is 12.8 Å². The molecule has 0 saturated heterocycles. The lowest BCUT2D eigenvalue weighted by Gasteiger charge is -2.30. The third kappa shape index (κ3) is 6.05. The van der Waals surface area contributed by atoms with Gasteiger partial charge in [0.05, 0.1) is 0 Å². The Hall–Kier alpha value is -0.0800. The zero-order valence-electron chi connectivity index (χ0n) is 9.91. The van der Waals surface area contributed by atoms with Crippen molar-refractivity contribution >= 4 is 0 Å². The molecule has 0 aromatic carbocycles. The highest BCUT2D eigenvalue weighted by molar-refractivity contribution is 4.79. The van der Waals surface area contributed by atoms with E-state index in [2.05, 4.69) is 33.0 Å². The molecule has 0 aliphatic rings. The van der Waals surface area contributed by atoms with E-state index < -0.39 is 0 Å². The third-order valence-electron chi connectivity index (χ3n) is 2.92. The average Bonchev–Trinajstić information content (AvgIpc) is 2.02. The van der Waals surface area contributed by atoms with E-state index in [1.54, 1.807) is 0 Å². The fraction of sp³-hybridized carbons (Fsp3) is 1.00. The SMILES string of the molecule is CNC(C)(C)CCC(C)(C)CCN. The second-order valence-corrected chi connectivity index (χ2v) is 5.34. The summed E-state index contributed by atoms with van der Waals surface area (Å²) < 4.78 is 0. The van der Waals surface area contributed by atoms with E-state index in [9.17, 15) is 0 Å². The van der Waals surface area contributed by atoms with E-state index in [0.717, 1.165) is 13.0 Å². The largest absolute Gasteiger partial charge is 0.330 e. The van der Waals surface area contributed by atoms with Gasteiger partial charge in [-0.1, -0.05) is 13.8 Å². The molecule has 0 heterocycles. The molecule has 0 amide bonds. The maximum absolute atomic E-state index is 5.57. The van der Waals surface area contributed by atoms with Crippen LogP contribution in [-0.2, 0) is 0 Å². The molecule has 0 atom stereocenters. The van der Waals surface area contributed by atoms with Gasteiger partial charge in [0.2, 0.25) is 0 Å². The van der Waals surface area contributed by atoms with Crippen LogP contribution in [0.2, 0.25) is 0 Å². The molecule has 0 spiro atoms. The molecule has 0 aromatic rings. The lowest BCUT2D eigenvalue weighted by atomic mass is 9.80. The molecule has 0 fully saturated rings. The van der Waals surface area contributed by atoms with Crippen LogP contribution in [-0.4, -0.2) is 19.1 Å². The monoisotopic (exact) mass is 186 g/mol. The quantitative estimate of drug-likeness (QED) is 0.667. The van der Waals surface area contributed by atoms with Crippen molar-refractivity contribution in [3.63, 3.8) is 0 Å². The highest BCUT2D eigenvalue weighted by Gasteiger charge is 2.22. The summed E-state index contributed by atoms with van der Waals surface area (Å²) in [6, 6.07) is 0. The minimum absolute atomic E-state index is 0.256. The van der Waals surface area contributed by atoms with E-state index >= 15 is 0 Å². The van der Waals surface area contributed by atoms with Gasteiger partial charge in [0, 0.05) is 5.54 Å². The standard InChI is InChI=1S/C11H26N2/c1-10(2,8-9-12)6-7-11(3,4)13-5/h13H,6-9,12H2,1-5H3. The summed E-state index contributed by atoms with van der Waals surface area (Å²) in [6.45, 7) is 9.88. The molecule has 0 unspecified atom stereocenters. The van der Waals surface area contributed by atoms with Gasteiger partial charge in [-0.05, 0) is 52.1 Å². The van der Waals surface area contributed by atoms with Crippen LogP contribution in [0.15, 0.2) is 0 Å². The van der Waals surface area contributed by atoms with Crippen molar-refractivity contribution in [2.24, 2.45) is 11.1 Å². The van der Waals surface area contributed by atoms with Gasteiger partial charge in [-0.2, -0.15) is 0 Å². The van der Waals surface area contributed by atoms with Crippen molar-refractivity contribution in [1.29, 1.82) is 0 Å². The minimum Gasteiger partial charge on any atom is -0.330 e. The van der Waals surface area contributed by atoms with Crippen LogP contribution in [0.25, 0.3) is 0 Å². The molecule has 13 heavy (non-hydrogen) atoms. The van der Waals surface area contributed by atoms with Crippen LogP contribution in [0.1, 0.15) is 47.0 Å². The number of rotatable bonds is 6. The Labute approximate surface area is 83.3 Å². The summed E-state index contributed by atoms with van der Waals surface area (Å²) in [5.41, 5.74) is 6.22. The Morgan fingerprint density at radius 1 is 1.00 bits per heavy atom. The molecule has 3 N–H and O–H groups in total. The number of hydrogen-bond acceptors (Lipinski definition) is 2. The van der Waals surface area contributed by atoms with Crippen molar-refractivity contribution in [1.82, 2.24) is 5.32 Å². The smallest absolute Gasteiger partial charge is 0.0122 e. The predicted molar refractivity (Wildman–Crippen MR) is 59.8 cm³/mol. The van der Waals surface area contributed by atoms with Gasteiger partial charge in [0.1, 0.15) is 0 Å². The molecule has 2 heteroatoms. The Morgan fingerprint density at radius 2 is 1.54 bits per heavy atom. The Morgan fingerprint density at radius 3 is 1.92 bits per heavy atom. The summed E-state index contributed by atoms with van der Waals surface area (Å²) in [6.07, 6.45) is 3.56. The second-order valence-electron chi connectivity index (χ2n) is 5.34. The first kappa shape index (κ1) is 12.9. The van der Waals surface area contributed by atoms with E-state index in [1.807, 2.05) is 7.05 Å². The lowest BCUT2D eigenvalue weighted by molar-refractivity contribution is 0.256. The van der Waals surface area contributed by atoms with Crippen LogP contribution in [0, 0.1) is 5.41 Å². The average molecular weight is 186 g/mol. The number of hydrogen-bond donors (Lipinski definition) is 2. The molecule has 0 aliphatic heterocycles. The van der Waals surface area contributed by atoms with E-state index in [-0.39, 0.29) is 5.54 Å². The van der Waals surface area contributed by atoms with Gasteiger partial charge in [-0.15, -0.1) is 0 Å². The summed E-state index contributed by atoms with van der Waals surface area (Å²) in [4.78, 5) is 0. The molecule has 2 nitrogen and oxygen atoms in total. The Bertz CT molecular complexity index is 139. The maximum atomic E-state index is 5.57. The summed E-state index contributed by atoms with van der Waals surface area (Å²) >= 11 is 0. The van der Waals surface area contributed by atoms with Crippen LogP contribution in [0.3, 0.4) is 0 Å². The first-order chi connectivity index (χ1) is 5.83. The van der Waals surface area contributed by atoms with Crippen LogP contribution >= 0.6 is 0 Å². The Kier molecular flexibility index (Phi) is 4.93. The first-order valence-corrected chi connectivity index (χ1v) is 5.22. The minimum atomic E-state index is 0.256. The topological polar surface area (TPSA) is 38.0 Å². The normalized spacial score (nSPS) is 13.4. The lowest BCUT2D eigenvalue weighted by Crippen LogP contribution is -2.37. The van der Waals surface area contributed by atoms with Gasteiger partial charge in [-0.25, -0.2) is 0 Å². The molecule has 0 bridgehead atoms. The summed E-state index contributed by atoms with van der Waals surface area (Å²) in [5.74, 6) is 0. The van der Waals surface area contributed by atoms with Crippen molar-refractivity contribution < 1.29 is 0 Å². The molecule has 0 aromatic heterocycles. The van der Waals surface area contributed by atoms with Crippen molar-refractivity contribution in [3.05, 3.63) is 0 Å². The highest BCUT2D eigenvalue weighted by Crippen LogP contribution is 2.28. The van der Waals surface area contributed by atoms with Crippen LogP contribution in [0.5, 0.6) is 0 Å². The third-order valence-corrected chi connectivity index (χ3v) is 2.92. The van der Waals surface area contributed by atoms with Gasteiger partial charge < -0.3 is 11.1 Å². The van der Waals surface area contributed by atoms with Crippen molar-refractivity contribution in [3.8, 4) is 0 Å². The van der Waals surface area contributed by atoms with Gasteiger partial charge in [0.15, 0.2) is 0 Å². The highest BCUT2D eigenvalue weighted by atomic mass is 14.9. The zero-order chi connectivity index (χ0) is 10.5. The van der Waals surface area contributed by atoms with Crippen molar-refractivity contribution in [2.45, 2.75) is 52.5 Å². The van der Waals surface area contributed by atoms with Gasteiger partial charge in [-0.3, -0.25) is 0 Å². The molecule has 0 rings (SSSR count). The summed E-state index contributed by atoms with van der Waals surface area (Å²) in [7, 11) is 2.02. The number of nitrogens with two attached hydrogens (primary N) is 1. The molecule has 0 aliphatic carbocycles. The van der Waals surface area contributed by atoms with Crippen molar-refractivity contribution in [2.75, 3.05) is 13.6 Å². The molecule has 0 radical (unpaired) electrons. The molecule has 80 valence electrons. The second kappa shape index (κ2) is 4.97. The molecular weight excluding hydrogens is 160 g/mol. The fourth-order valence-corrected chi connectivity index (χ4v) is 1.29. The molecule has 0 saturated carbocycles. The first-order valence-electron chi connectivity index (χ1n) is 5.22. The Balaban J connectivity index is 3.86.